The van der Waals surface area contributed by atoms with Crippen molar-refractivity contribution in [2.24, 2.45) is 0 Å². The quantitative estimate of drug-likeness (QED) is 0.668. The minimum Gasteiger partial charge on any atom is -0.339 e. The van der Waals surface area contributed by atoms with E-state index in [-0.39, 0.29) is 0 Å². The summed E-state index contributed by atoms with van der Waals surface area (Å²) in [5.41, 5.74) is 1.79. The minimum atomic E-state index is -0.408. The van der Waals surface area contributed by atoms with E-state index >= 15 is 0 Å². The van der Waals surface area contributed by atoms with Gasteiger partial charge in [0.05, 0.1) is 6.54 Å². The molecular formula is C12H15ClN2O2S. The van der Waals surface area contributed by atoms with Gasteiger partial charge in [-0.25, -0.2) is 0 Å². The Kier molecular flexibility index (Phi) is 5.37. The predicted molar refractivity (Wildman–Crippen MR) is 76.6 cm³/mol. The van der Waals surface area contributed by atoms with Crippen LogP contribution in [0.25, 0.3) is 0 Å². The number of hydrogen-bond acceptors (Lipinski definition) is 3. The van der Waals surface area contributed by atoms with Crippen LogP contribution in [0.1, 0.15) is 19.4 Å². The number of thiocarbonyl (C=S) groups is 1. The van der Waals surface area contributed by atoms with Crippen molar-refractivity contribution in [1.82, 2.24) is 5.06 Å². The molecule has 1 aromatic rings. The lowest BCUT2D eigenvalue weighted by atomic mass is 10.2. The number of carbonyl (C=O) groups is 1. The number of rotatable bonds is 2. The highest BCUT2D eigenvalue weighted by Crippen LogP contribution is 2.20. The largest absolute Gasteiger partial charge is 0.339 e. The van der Waals surface area contributed by atoms with Gasteiger partial charge in [0.25, 0.3) is 0 Å². The van der Waals surface area contributed by atoms with Crippen LogP contribution in [0.4, 0.5) is 5.69 Å². The molecule has 6 heteroatoms. The molecule has 0 amide bonds. The van der Waals surface area contributed by atoms with Crippen molar-refractivity contribution in [2.45, 2.75) is 20.8 Å². The zero-order valence-corrected chi connectivity index (χ0v) is 12.1. The van der Waals surface area contributed by atoms with Gasteiger partial charge in [-0.05, 0) is 49.8 Å². The average molecular weight is 287 g/mol. The first-order chi connectivity index (χ1) is 8.43. The van der Waals surface area contributed by atoms with Gasteiger partial charge in [0.2, 0.25) is 5.11 Å². The van der Waals surface area contributed by atoms with Crippen LogP contribution in [-0.2, 0) is 9.63 Å². The number of hydrogen-bond donors (Lipinski definition) is 1. The molecule has 0 fully saturated rings. The van der Waals surface area contributed by atoms with Crippen LogP contribution >= 0.6 is 23.8 Å². The molecule has 0 aliphatic carbocycles. The molecule has 18 heavy (non-hydrogen) atoms. The fraction of sp³-hybridized carbons (Fsp3) is 0.333. The molecular weight excluding hydrogens is 272 g/mol. The van der Waals surface area contributed by atoms with Crippen molar-refractivity contribution in [3.8, 4) is 0 Å². The fourth-order valence-electron chi connectivity index (χ4n) is 1.35. The van der Waals surface area contributed by atoms with Crippen molar-refractivity contribution in [3.05, 3.63) is 28.8 Å². The molecule has 0 unspecified atom stereocenters. The molecule has 0 radical (unpaired) electrons. The van der Waals surface area contributed by atoms with E-state index in [1.165, 1.54) is 12.0 Å². The van der Waals surface area contributed by atoms with Crippen LogP contribution in [0.2, 0.25) is 5.02 Å². The number of nitrogens with zero attached hydrogens (tertiary/aromatic N) is 1. The molecule has 1 N–H and O–H groups in total. The summed E-state index contributed by atoms with van der Waals surface area (Å²) < 4.78 is 0. The zero-order valence-electron chi connectivity index (χ0n) is 10.5. The van der Waals surface area contributed by atoms with Gasteiger partial charge < -0.3 is 10.2 Å². The first-order valence-corrected chi connectivity index (χ1v) is 6.26. The Morgan fingerprint density at radius 3 is 2.72 bits per heavy atom. The summed E-state index contributed by atoms with van der Waals surface area (Å²) in [6, 6.07) is 5.42. The lowest BCUT2D eigenvalue weighted by Gasteiger charge is -2.22. The number of carbonyl (C=O) groups excluding carboxylic acids is 1. The molecule has 0 aliphatic rings. The third-order valence-electron chi connectivity index (χ3n) is 2.18. The lowest BCUT2D eigenvalue weighted by Crippen LogP contribution is -2.36. The topological polar surface area (TPSA) is 41.6 Å². The molecule has 0 aromatic heterocycles. The van der Waals surface area contributed by atoms with E-state index in [1.54, 1.807) is 6.07 Å². The van der Waals surface area contributed by atoms with Crippen molar-refractivity contribution >= 4 is 40.6 Å². The Morgan fingerprint density at radius 2 is 2.22 bits per heavy atom. The van der Waals surface area contributed by atoms with Crippen molar-refractivity contribution in [2.75, 3.05) is 11.9 Å². The molecule has 0 bridgehead atoms. The smallest absolute Gasteiger partial charge is 0.329 e. The second-order valence-electron chi connectivity index (χ2n) is 3.67. The highest BCUT2D eigenvalue weighted by Gasteiger charge is 2.12. The Balaban J connectivity index is 2.76. The van der Waals surface area contributed by atoms with Crippen molar-refractivity contribution < 1.29 is 9.63 Å². The Morgan fingerprint density at radius 1 is 1.56 bits per heavy atom. The Hall–Kier alpha value is -1.33. The van der Waals surface area contributed by atoms with Gasteiger partial charge in [-0.1, -0.05) is 11.6 Å². The summed E-state index contributed by atoms with van der Waals surface area (Å²) >= 11 is 11.0. The third kappa shape index (κ3) is 4.16. The first kappa shape index (κ1) is 14.7. The Bertz CT molecular complexity index is 465. The van der Waals surface area contributed by atoms with Crippen LogP contribution < -0.4 is 5.32 Å². The SMILES string of the molecule is CCN(OC(C)=O)C(=S)Nc1ccc(Cl)cc1C. The molecule has 0 saturated carbocycles. The normalized spacial score (nSPS) is 9.78. The molecule has 1 aromatic carbocycles. The predicted octanol–water partition coefficient (Wildman–Crippen LogP) is 3.15. The summed E-state index contributed by atoms with van der Waals surface area (Å²) in [6.07, 6.45) is 0. The van der Waals surface area contributed by atoms with E-state index < -0.39 is 5.97 Å². The van der Waals surface area contributed by atoms with Crippen LogP contribution in [-0.4, -0.2) is 22.7 Å². The number of halogens is 1. The van der Waals surface area contributed by atoms with E-state index in [4.69, 9.17) is 28.7 Å². The lowest BCUT2D eigenvalue weighted by molar-refractivity contribution is -0.168. The summed E-state index contributed by atoms with van der Waals surface area (Å²) in [6.45, 7) is 5.56. The monoisotopic (exact) mass is 286 g/mol. The number of aryl methyl sites for hydroxylation is 1. The molecule has 98 valence electrons. The first-order valence-electron chi connectivity index (χ1n) is 5.47. The molecule has 0 aliphatic heterocycles. The molecule has 0 atom stereocenters. The van der Waals surface area contributed by atoms with Crippen LogP contribution in [0.5, 0.6) is 0 Å². The van der Waals surface area contributed by atoms with E-state index in [2.05, 4.69) is 5.32 Å². The summed E-state index contributed by atoms with van der Waals surface area (Å²) in [7, 11) is 0. The van der Waals surface area contributed by atoms with E-state index in [9.17, 15) is 4.79 Å². The summed E-state index contributed by atoms with van der Waals surface area (Å²) in [5.74, 6) is -0.408. The molecule has 4 nitrogen and oxygen atoms in total. The van der Waals surface area contributed by atoms with Crippen LogP contribution in [0.15, 0.2) is 18.2 Å². The van der Waals surface area contributed by atoms with Gasteiger partial charge in [-0.3, -0.25) is 4.79 Å². The van der Waals surface area contributed by atoms with Gasteiger partial charge in [0.15, 0.2) is 0 Å². The second-order valence-corrected chi connectivity index (χ2v) is 4.49. The van der Waals surface area contributed by atoms with Gasteiger partial charge in [0, 0.05) is 17.6 Å². The molecule has 0 spiro atoms. The van der Waals surface area contributed by atoms with E-state index in [0.29, 0.717) is 16.7 Å². The molecule has 0 saturated heterocycles. The Labute approximate surface area is 117 Å². The van der Waals surface area contributed by atoms with Gasteiger partial charge in [0.1, 0.15) is 0 Å². The third-order valence-corrected chi connectivity index (χ3v) is 2.72. The maximum atomic E-state index is 10.9. The van der Waals surface area contributed by atoms with Gasteiger partial charge in [-0.15, -0.1) is 0 Å². The van der Waals surface area contributed by atoms with Crippen molar-refractivity contribution in [1.29, 1.82) is 0 Å². The number of anilines is 1. The fourth-order valence-corrected chi connectivity index (χ4v) is 1.85. The maximum absolute atomic E-state index is 10.9. The minimum absolute atomic E-state index is 0.332. The molecule has 0 heterocycles. The average Bonchev–Trinajstić information content (AvgIpc) is 2.29. The number of benzene rings is 1. The summed E-state index contributed by atoms with van der Waals surface area (Å²) in [4.78, 5) is 15.9. The van der Waals surface area contributed by atoms with Crippen LogP contribution in [0.3, 0.4) is 0 Å². The summed E-state index contributed by atoms with van der Waals surface area (Å²) in [5, 5.41) is 5.34. The second kappa shape index (κ2) is 6.56. The highest BCUT2D eigenvalue weighted by molar-refractivity contribution is 7.80. The van der Waals surface area contributed by atoms with Gasteiger partial charge >= 0.3 is 5.97 Å². The van der Waals surface area contributed by atoms with Crippen molar-refractivity contribution in [3.63, 3.8) is 0 Å². The maximum Gasteiger partial charge on any atom is 0.329 e. The zero-order chi connectivity index (χ0) is 13.7. The molecule has 1 rings (SSSR count). The van der Waals surface area contributed by atoms with Gasteiger partial charge in [-0.2, -0.15) is 5.06 Å². The standard InChI is InChI=1S/C12H15ClN2O2S/c1-4-15(17-9(3)16)12(18)14-11-6-5-10(13)7-8(11)2/h5-7H,4H2,1-3H3,(H,14,18). The van der Waals surface area contributed by atoms with E-state index in [1.807, 2.05) is 26.0 Å². The number of nitrogens with one attached hydrogen (secondary N) is 1. The number of hydroxylamine groups is 2. The van der Waals surface area contributed by atoms with Crippen LogP contribution in [0, 0.1) is 6.92 Å². The highest BCUT2D eigenvalue weighted by atomic mass is 35.5. The van der Waals surface area contributed by atoms with E-state index in [0.717, 1.165) is 11.3 Å².